The quantitative estimate of drug-likeness (QED) is 0.745. The van der Waals surface area contributed by atoms with Crippen molar-refractivity contribution in [3.8, 4) is 11.6 Å². The predicted molar refractivity (Wildman–Crippen MR) is 54.0 cm³/mol. The van der Waals surface area contributed by atoms with Crippen LogP contribution in [0.25, 0.3) is 11.6 Å². The molecule has 13 heavy (non-hydrogen) atoms. The van der Waals surface area contributed by atoms with E-state index in [9.17, 15) is 0 Å². The molecule has 0 amide bonds. The lowest BCUT2D eigenvalue weighted by Crippen LogP contribution is -1.92. The van der Waals surface area contributed by atoms with Crippen LogP contribution in [0.5, 0.6) is 0 Å². The van der Waals surface area contributed by atoms with Crippen LogP contribution in [0.3, 0.4) is 0 Å². The highest BCUT2D eigenvalue weighted by atomic mass is 127. The second kappa shape index (κ2) is 3.09. The maximum absolute atomic E-state index is 4.97. The monoisotopic (exact) mass is 290 g/mol. The first-order valence-electron chi connectivity index (χ1n) is 3.67. The standard InChI is InChI=1S/C7H7IN4O/c1-4-3-5(10-12(4)2)6-9-7(8)11-13-6/h3H,1-2H3. The predicted octanol–water partition coefficient (Wildman–Crippen LogP) is 1.38. The number of halogens is 1. The van der Waals surface area contributed by atoms with E-state index in [4.69, 9.17) is 4.52 Å². The van der Waals surface area contributed by atoms with Crippen molar-refractivity contribution in [2.75, 3.05) is 0 Å². The molecule has 0 spiro atoms. The van der Waals surface area contributed by atoms with Crippen molar-refractivity contribution in [2.24, 2.45) is 7.05 Å². The van der Waals surface area contributed by atoms with Gasteiger partial charge in [0.15, 0.2) is 5.69 Å². The summed E-state index contributed by atoms with van der Waals surface area (Å²) >= 11 is 1.99. The number of nitrogens with zero attached hydrogens (tertiary/aromatic N) is 4. The summed E-state index contributed by atoms with van der Waals surface area (Å²) in [5.41, 5.74) is 1.78. The van der Waals surface area contributed by atoms with Crippen LogP contribution in [0.2, 0.25) is 0 Å². The summed E-state index contributed by atoms with van der Waals surface area (Å²) in [4.78, 5) is 4.07. The van der Waals surface area contributed by atoms with Crippen molar-refractivity contribution >= 4 is 22.6 Å². The summed E-state index contributed by atoms with van der Waals surface area (Å²) in [6.45, 7) is 1.97. The molecule has 0 aliphatic rings. The summed E-state index contributed by atoms with van der Waals surface area (Å²) in [7, 11) is 1.88. The molecule has 0 bridgehead atoms. The number of aryl methyl sites for hydroxylation is 2. The first-order chi connectivity index (χ1) is 6.16. The van der Waals surface area contributed by atoms with Crippen molar-refractivity contribution in [3.05, 3.63) is 15.6 Å². The smallest absolute Gasteiger partial charge is 0.279 e. The zero-order chi connectivity index (χ0) is 9.42. The maximum Gasteiger partial charge on any atom is 0.279 e. The van der Waals surface area contributed by atoms with E-state index in [1.807, 2.05) is 42.6 Å². The van der Waals surface area contributed by atoms with Crippen molar-refractivity contribution in [3.63, 3.8) is 0 Å². The fourth-order valence-corrected chi connectivity index (χ4v) is 1.29. The maximum atomic E-state index is 4.97. The average Bonchev–Trinajstić information content (AvgIpc) is 2.61. The molecule has 2 aromatic rings. The average molecular weight is 290 g/mol. The number of hydrogen-bond acceptors (Lipinski definition) is 4. The van der Waals surface area contributed by atoms with Gasteiger partial charge >= 0.3 is 0 Å². The van der Waals surface area contributed by atoms with Crippen LogP contribution in [0.1, 0.15) is 5.69 Å². The Kier molecular flexibility index (Phi) is 2.06. The van der Waals surface area contributed by atoms with Gasteiger partial charge in [0.2, 0.25) is 3.83 Å². The lowest BCUT2D eigenvalue weighted by atomic mass is 10.4. The largest absolute Gasteiger partial charge is 0.331 e. The van der Waals surface area contributed by atoms with Crippen LogP contribution in [0.15, 0.2) is 10.6 Å². The Bertz CT molecular complexity index is 414. The second-order valence-corrected chi connectivity index (χ2v) is 3.63. The van der Waals surface area contributed by atoms with Crippen LogP contribution in [-0.4, -0.2) is 19.9 Å². The molecule has 0 saturated heterocycles. The Labute approximate surface area is 88.3 Å². The van der Waals surface area contributed by atoms with Crippen LogP contribution in [0.4, 0.5) is 0 Å². The Morgan fingerprint density at radius 2 is 2.31 bits per heavy atom. The van der Waals surface area contributed by atoms with Crippen LogP contribution >= 0.6 is 22.6 Å². The Morgan fingerprint density at radius 1 is 1.54 bits per heavy atom. The fourth-order valence-electron chi connectivity index (χ4n) is 0.975. The second-order valence-electron chi connectivity index (χ2n) is 2.66. The van der Waals surface area contributed by atoms with Gasteiger partial charge in [-0.25, -0.2) is 0 Å². The molecule has 6 heteroatoms. The molecule has 0 aromatic carbocycles. The molecule has 0 atom stereocenters. The van der Waals surface area contributed by atoms with Crippen LogP contribution in [0, 0.1) is 10.8 Å². The molecule has 0 fully saturated rings. The number of rotatable bonds is 1. The highest BCUT2D eigenvalue weighted by Crippen LogP contribution is 2.16. The summed E-state index contributed by atoms with van der Waals surface area (Å²) in [6, 6.07) is 1.91. The normalized spacial score (nSPS) is 10.7. The van der Waals surface area contributed by atoms with Gasteiger partial charge in [-0.15, -0.1) is 0 Å². The van der Waals surface area contributed by atoms with Gasteiger partial charge in [-0.1, -0.05) is 5.16 Å². The van der Waals surface area contributed by atoms with E-state index in [0.717, 1.165) is 11.4 Å². The molecule has 2 rings (SSSR count). The molecule has 0 aliphatic heterocycles. The van der Waals surface area contributed by atoms with E-state index in [1.54, 1.807) is 4.68 Å². The summed E-state index contributed by atoms with van der Waals surface area (Å²) < 4.78 is 7.34. The third kappa shape index (κ3) is 1.58. The van der Waals surface area contributed by atoms with Crippen LogP contribution in [-0.2, 0) is 7.05 Å². The highest BCUT2D eigenvalue weighted by molar-refractivity contribution is 14.1. The van der Waals surface area contributed by atoms with Crippen molar-refractivity contribution in [1.29, 1.82) is 0 Å². The minimum atomic E-state index is 0.466. The molecule has 2 aromatic heterocycles. The summed E-state index contributed by atoms with van der Waals surface area (Å²) in [5.74, 6) is 0.466. The minimum absolute atomic E-state index is 0.466. The van der Waals surface area contributed by atoms with Gasteiger partial charge in [0.1, 0.15) is 0 Å². The molecular weight excluding hydrogens is 283 g/mol. The topological polar surface area (TPSA) is 56.7 Å². The Hall–Kier alpha value is -0.920. The van der Waals surface area contributed by atoms with Gasteiger partial charge in [-0.05, 0) is 13.0 Å². The van der Waals surface area contributed by atoms with Crippen molar-refractivity contribution in [2.45, 2.75) is 6.92 Å². The molecule has 5 nitrogen and oxygen atoms in total. The van der Waals surface area contributed by atoms with Gasteiger partial charge in [-0.3, -0.25) is 4.68 Å². The lowest BCUT2D eigenvalue weighted by Gasteiger charge is -1.88. The summed E-state index contributed by atoms with van der Waals surface area (Å²) in [6.07, 6.45) is 0. The first kappa shape index (κ1) is 8.67. The third-order valence-electron chi connectivity index (χ3n) is 1.73. The van der Waals surface area contributed by atoms with Crippen molar-refractivity contribution in [1.82, 2.24) is 19.9 Å². The van der Waals surface area contributed by atoms with Crippen molar-refractivity contribution < 1.29 is 4.52 Å². The molecule has 0 radical (unpaired) electrons. The highest BCUT2D eigenvalue weighted by Gasteiger charge is 2.10. The number of aromatic nitrogens is 4. The molecule has 68 valence electrons. The fraction of sp³-hybridized carbons (Fsp3) is 0.286. The molecule has 0 saturated carbocycles. The lowest BCUT2D eigenvalue weighted by molar-refractivity contribution is 0.424. The molecule has 0 unspecified atom stereocenters. The molecule has 0 N–H and O–H groups in total. The van der Waals surface area contributed by atoms with E-state index >= 15 is 0 Å². The van der Waals surface area contributed by atoms with E-state index in [0.29, 0.717) is 9.72 Å². The minimum Gasteiger partial charge on any atom is -0.331 e. The summed E-state index contributed by atoms with van der Waals surface area (Å²) in [5, 5.41) is 7.89. The molecular formula is C7H7IN4O. The Morgan fingerprint density at radius 3 is 2.77 bits per heavy atom. The zero-order valence-corrected chi connectivity index (χ0v) is 9.31. The third-order valence-corrected chi connectivity index (χ3v) is 2.17. The van der Waals surface area contributed by atoms with Gasteiger partial charge in [-0.2, -0.15) is 10.1 Å². The van der Waals surface area contributed by atoms with Crippen LogP contribution < -0.4 is 0 Å². The zero-order valence-electron chi connectivity index (χ0n) is 7.15. The first-order valence-corrected chi connectivity index (χ1v) is 4.75. The molecule has 0 aliphatic carbocycles. The van der Waals surface area contributed by atoms with E-state index < -0.39 is 0 Å². The van der Waals surface area contributed by atoms with E-state index in [-0.39, 0.29) is 0 Å². The molecule has 2 heterocycles. The van der Waals surface area contributed by atoms with Gasteiger partial charge in [0.05, 0.1) is 0 Å². The van der Waals surface area contributed by atoms with E-state index in [1.165, 1.54) is 0 Å². The van der Waals surface area contributed by atoms with Gasteiger partial charge in [0.25, 0.3) is 5.89 Å². The van der Waals surface area contributed by atoms with Gasteiger partial charge in [0, 0.05) is 35.3 Å². The van der Waals surface area contributed by atoms with Gasteiger partial charge < -0.3 is 4.52 Å². The Balaban J connectivity index is 2.46. The SMILES string of the molecule is Cc1cc(-c2nc(I)no2)nn1C. The van der Waals surface area contributed by atoms with E-state index in [2.05, 4.69) is 15.2 Å². The number of hydrogen-bond donors (Lipinski definition) is 0.